The zero-order valence-electron chi connectivity index (χ0n) is 18.4. The van der Waals surface area contributed by atoms with Crippen LogP contribution in [0, 0.1) is 23.5 Å². The summed E-state index contributed by atoms with van der Waals surface area (Å²) >= 11 is 0. The Balaban J connectivity index is 1.43. The predicted molar refractivity (Wildman–Crippen MR) is 112 cm³/mol. The number of carbonyl (C=O) groups excluding carboxylic acids is 3. The maximum atomic E-state index is 14.0. The van der Waals surface area contributed by atoms with Crippen LogP contribution in [0.25, 0.3) is 0 Å². The van der Waals surface area contributed by atoms with Crippen molar-refractivity contribution < 1.29 is 27.9 Å². The lowest BCUT2D eigenvalue weighted by Gasteiger charge is -2.42. The highest BCUT2D eigenvalue weighted by Crippen LogP contribution is 2.44. The Morgan fingerprint density at radius 1 is 1.28 bits per heavy atom. The number of ether oxygens (including phenoxy) is 1. The number of piperazine rings is 1. The monoisotopic (exact) mass is 450 g/mol. The van der Waals surface area contributed by atoms with Gasteiger partial charge in [0.25, 0.3) is 5.91 Å². The summed E-state index contributed by atoms with van der Waals surface area (Å²) in [7, 11) is 1.28. The summed E-state index contributed by atoms with van der Waals surface area (Å²) in [6.07, 6.45) is 1.95. The smallest absolute Gasteiger partial charge is 0.322 e. The molecule has 0 unspecified atom stereocenters. The maximum absolute atomic E-state index is 14.0. The van der Waals surface area contributed by atoms with E-state index in [9.17, 15) is 23.2 Å². The molecular formula is C22H28F2N4O4. The molecule has 4 amide bonds. The van der Waals surface area contributed by atoms with Crippen LogP contribution in [0.4, 0.5) is 19.3 Å². The highest BCUT2D eigenvalue weighted by molar-refractivity contribution is 6.07. The van der Waals surface area contributed by atoms with E-state index in [1.807, 2.05) is 11.8 Å². The van der Waals surface area contributed by atoms with Crippen molar-refractivity contribution in [2.75, 3.05) is 31.6 Å². The van der Waals surface area contributed by atoms with Gasteiger partial charge in [0, 0.05) is 49.4 Å². The van der Waals surface area contributed by atoms with Crippen LogP contribution in [0.3, 0.4) is 0 Å². The summed E-state index contributed by atoms with van der Waals surface area (Å²) in [4.78, 5) is 41.1. The molecule has 32 heavy (non-hydrogen) atoms. The standard InChI is InChI=1S/C22H28F2N4O4/c1-12(10-22(14-4-5-14)20(30)25-21(31)26-22)19(29)27-6-7-28(13(2)11-27)15-8-16(23)18(24)17(9-15)32-3/h8-9,12-14H,4-7,10-11H2,1-3H3,(H2,25,26,30,31)/t12-,13+,22+/m1/s1. The van der Waals surface area contributed by atoms with Gasteiger partial charge in [-0.1, -0.05) is 6.92 Å². The lowest BCUT2D eigenvalue weighted by atomic mass is 9.83. The zero-order chi connectivity index (χ0) is 23.2. The number of hydrogen-bond donors (Lipinski definition) is 2. The lowest BCUT2D eigenvalue weighted by Crippen LogP contribution is -2.56. The van der Waals surface area contributed by atoms with Gasteiger partial charge in [-0.3, -0.25) is 14.9 Å². The number of nitrogens with one attached hydrogen (secondary N) is 2. The molecule has 0 aromatic heterocycles. The van der Waals surface area contributed by atoms with Gasteiger partial charge in [-0.05, 0) is 32.1 Å². The number of nitrogens with zero attached hydrogens (tertiary/aromatic N) is 2. The van der Waals surface area contributed by atoms with E-state index >= 15 is 0 Å². The second-order valence-corrected chi connectivity index (χ2v) is 9.03. The first-order chi connectivity index (χ1) is 15.2. The lowest BCUT2D eigenvalue weighted by molar-refractivity contribution is -0.137. The van der Waals surface area contributed by atoms with Crippen LogP contribution in [0.2, 0.25) is 0 Å². The van der Waals surface area contributed by atoms with Gasteiger partial charge in [-0.25, -0.2) is 9.18 Å². The molecule has 2 aliphatic heterocycles. The van der Waals surface area contributed by atoms with Crippen molar-refractivity contribution in [3.8, 4) is 5.75 Å². The van der Waals surface area contributed by atoms with Crippen molar-refractivity contribution in [3.63, 3.8) is 0 Å². The summed E-state index contributed by atoms with van der Waals surface area (Å²) in [5, 5.41) is 5.08. The third-order valence-corrected chi connectivity index (χ3v) is 6.76. The number of carbonyl (C=O) groups is 3. The molecule has 1 aromatic carbocycles. The van der Waals surface area contributed by atoms with Crippen molar-refractivity contribution >= 4 is 23.5 Å². The number of rotatable bonds is 6. The molecule has 1 aromatic rings. The minimum absolute atomic E-state index is 0.0586. The van der Waals surface area contributed by atoms with E-state index in [1.165, 1.54) is 13.2 Å². The summed E-state index contributed by atoms with van der Waals surface area (Å²) in [6, 6.07) is 1.94. The first-order valence-electron chi connectivity index (χ1n) is 10.9. The number of hydrogen-bond acceptors (Lipinski definition) is 5. The second-order valence-electron chi connectivity index (χ2n) is 9.03. The zero-order valence-corrected chi connectivity index (χ0v) is 18.4. The number of methoxy groups -OCH3 is 1. The molecule has 2 N–H and O–H groups in total. The summed E-state index contributed by atoms with van der Waals surface area (Å²) in [6.45, 7) is 4.94. The number of amides is 4. The fourth-order valence-electron chi connectivity index (χ4n) is 4.97. The minimum atomic E-state index is -1.03. The molecule has 1 saturated carbocycles. The van der Waals surface area contributed by atoms with E-state index in [1.54, 1.807) is 11.8 Å². The molecule has 3 fully saturated rings. The number of imide groups is 1. The average Bonchev–Trinajstić information content (AvgIpc) is 3.56. The minimum Gasteiger partial charge on any atom is -0.493 e. The van der Waals surface area contributed by atoms with Crippen molar-refractivity contribution in [2.24, 2.45) is 11.8 Å². The molecule has 2 saturated heterocycles. The highest BCUT2D eigenvalue weighted by atomic mass is 19.2. The Hall–Kier alpha value is -2.91. The number of benzene rings is 1. The van der Waals surface area contributed by atoms with Crippen LogP contribution in [-0.4, -0.2) is 61.1 Å². The molecular weight excluding hydrogens is 422 g/mol. The Bertz CT molecular complexity index is 954. The van der Waals surface area contributed by atoms with Gasteiger partial charge in [0.15, 0.2) is 11.6 Å². The van der Waals surface area contributed by atoms with Crippen LogP contribution < -0.4 is 20.3 Å². The van der Waals surface area contributed by atoms with E-state index in [0.717, 1.165) is 18.9 Å². The Morgan fingerprint density at radius 3 is 2.56 bits per heavy atom. The van der Waals surface area contributed by atoms with Crippen molar-refractivity contribution in [3.05, 3.63) is 23.8 Å². The first-order valence-corrected chi connectivity index (χ1v) is 10.9. The maximum Gasteiger partial charge on any atom is 0.322 e. The Morgan fingerprint density at radius 2 is 2.00 bits per heavy atom. The first kappa shape index (κ1) is 22.3. The largest absolute Gasteiger partial charge is 0.493 e. The Kier molecular flexibility index (Phi) is 5.72. The number of urea groups is 1. The average molecular weight is 450 g/mol. The molecule has 10 heteroatoms. The fourth-order valence-corrected chi connectivity index (χ4v) is 4.97. The van der Waals surface area contributed by atoms with Crippen molar-refractivity contribution in [2.45, 2.75) is 44.7 Å². The van der Waals surface area contributed by atoms with Gasteiger partial charge in [0.05, 0.1) is 7.11 Å². The SMILES string of the molecule is COc1cc(N2CCN(C(=O)[C@H](C)C[C@@]3(C4CC4)NC(=O)NC3=O)C[C@@H]2C)cc(F)c1F. The molecule has 0 spiro atoms. The summed E-state index contributed by atoms with van der Waals surface area (Å²) in [5.41, 5.74) is -0.520. The Labute approximate surface area is 185 Å². The van der Waals surface area contributed by atoms with Crippen molar-refractivity contribution in [1.29, 1.82) is 0 Å². The normalized spacial score (nSPS) is 26.6. The van der Waals surface area contributed by atoms with E-state index in [2.05, 4.69) is 10.6 Å². The van der Waals surface area contributed by atoms with E-state index < -0.39 is 29.1 Å². The van der Waals surface area contributed by atoms with Crippen molar-refractivity contribution in [1.82, 2.24) is 15.5 Å². The molecule has 3 atom stereocenters. The van der Waals surface area contributed by atoms with E-state index in [-0.39, 0.29) is 35.9 Å². The van der Waals surface area contributed by atoms with Gasteiger partial charge in [-0.15, -0.1) is 0 Å². The molecule has 8 nitrogen and oxygen atoms in total. The van der Waals surface area contributed by atoms with Gasteiger partial charge >= 0.3 is 6.03 Å². The van der Waals surface area contributed by atoms with Gasteiger partial charge in [0.1, 0.15) is 5.54 Å². The summed E-state index contributed by atoms with van der Waals surface area (Å²) in [5.74, 6) is -3.02. The van der Waals surface area contributed by atoms with E-state index in [0.29, 0.717) is 25.3 Å². The van der Waals surface area contributed by atoms with E-state index in [4.69, 9.17) is 4.74 Å². The number of halogens is 2. The second kappa shape index (κ2) is 8.22. The van der Waals surface area contributed by atoms with Crippen LogP contribution in [0.1, 0.15) is 33.1 Å². The van der Waals surface area contributed by atoms with Crippen LogP contribution in [0.5, 0.6) is 5.75 Å². The van der Waals surface area contributed by atoms with Gasteiger partial charge < -0.3 is 19.9 Å². The van der Waals surface area contributed by atoms with Crippen LogP contribution in [0.15, 0.2) is 12.1 Å². The third kappa shape index (κ3) is 3.86. The topological polar surface area (TPSA) is 91.0 Å². The molecule has 1 aliphatic carbocycles. The quantitative estimate of drug-likeness (QED) is 0.648. The predicted octanol–water partition coefficient (Wildman–Crippen LogP) is 2.02. The highest BCUT2D eigenvalue weighted by Gasteiger charge is 2.56. The van der Waals surface area contributed by atoms with Crippen LogP contribution in [-0.2, 0) is 9.59 Å². The molecule has 174 valence electrons. The summed E-state index contributed by atoms with van der Waals surface area (Å²) < 4.78 is 32.7. The van der Waals surface area contributed by atoms with Gasteiger partial charge in [0.2, 0.25) is 11.7 Å². The fraction of sp³-hybridized carbons (Fsp3) is 0.591. The molecule has 2 heterocycles. The molecule has 3 aliphatic rings. The van der Waals surface area contributed by atoms with Crippen LogP contribution >= 0.6 is 0 Å². The molecule has 0 radical (unpaired) electrons. The number of anilines is 1. The molecule has 0 bridgehead atoms. The third-order valence-electron chi connectivity index (χ3n) is 6.76. The van der Waals surface area contributed by atoms with Gasteiger partial charge in [-0.2, -0.15) is 4.39 Å². The molecule has 4 rings (SSSR count).